The molecule has 2 rings (SSSR count). The average molecular weight is 310 g/mol. The van der Waals surface area contributed by atoms with Gasteiger partial charge in [-0.15, -0.1) is 0 Å². The predicted octanol–water partition coefficient (Wildman–Crippen LogP) is 4.53. The second kappa shape index (κ2) is 5.48. The summed E-state index contributed by atoms with van der Waals surface area (Å²) in [5, 5.41) is 3.38. The van der Waals surface area contributed by atoms with Crippen molar-refractivity contribution in [2.24, 2.45) is 0 Å². The highest BCUT2D eigenvalue weighted by Gasteiger charge is 2.10. The molecule has 96 valence electrons. The van der Waals surface area contributed by atoms with Gasteiger partial charge in [0, 0.05) is 5.69 Å². The topological polar surface area (TPSA) is 34.4 Å². The van der Waals surface area contributed by atoms with Crippen LogP contribution in [0.25, 0.3) is 0 Å². The van der Waals surface area contributed by atoms with Crippen LogP contribution in [-0.2, 0) is 0 Å². The van der Waals surface area contributed by atoms with Crippen molar-refractivity contribution >= 4 is 21.6 Å². The maximum absolute atomic E-state index is 5.59. The van der Waals surface area contributed by atoms with Crippen LogP contribution in [0.2, 0.25) is 0 Å². The largest absolute Gasteiger partial charge is 0.496 e. The van der Waals surface area contributed by atoms with Gasteiger partial charge in [-0.3, -0.25) is 0 Å². The van der Waals surface area contributed by atoms with Gasteiger partial charge < -0.3 is 14.5 Å². The maximum atomic E-state index is 5.59. The van der Waals surface area contributed by atoms with Crippen molar-refractivity contribution in [1.29, 1.82) is 0 Å². The summed E-state index contributed by atoms with van der Waals surface area (Å²) < 4.78 is 11.7. The Morgan fingerprint density at radius 1 is 1.28 bits per heavy atom. The first-order chi connectivity index (χ1) is 8.60. The second-order valence-corrected chi connectivity index (χ2v) is 5.02. The summed E-state index contributed by atoms with van der Waals surface area (Å²) in [6, 6.07) is 9.98. The van der Waals surface area contributed by atoms with Crippen LogP contribution < -0.4 is 10.1 Å². The highest BCUT2D eigenvalue weighted by Crippen LogP contribution is 2.29. The molecule has 0 bridgehead atoms. The van der Waals surface area contributed by atoms with Gasteiger partial charge in [-0.05, 0) is 60.1 Å². The van der Waals surface area contributed by atoms with E-state index in [1.54, 1.807) is 7.11 Å². The number of furan rings is 1. The van der Waals surface area contributed by atoms with E-state index in [0.29, 0.717) is 0 Å². The summed E-state index contributed by atoms with van der Waals surface area (Å²) in [7, 11) is 1.65. The number of methoxy groups -OCH3 is 1. The summed E-state index contributed by atoms with van der Waals surface area (Å²) in [5.74, 6) is 2.68. The highest BCUT2D eigenvalue weighted by molar-refractivity contribution is 9.10. The summed E-state index contributed by atoms with van der Waals surface area (Å²) >= 11 is 3.47. The van der Waals surface area contributed by atoms with Crippen molar-refractivity contribution in [3.05, 3.63) is 46.3 Å². The van der Waals surface area contributed by atoms with Crippen LogP contribution in [0.3, 0.4) is 0 Å². The molecular weight excluding hydrogens is 294 g/mol. The fourth-order valence-electron chi connectivity index (χ4n) is 1.76. The van der Waals surface area contributed by atoms with E-state index in [2.05, 4.69) is 28.2 Å². The first-order valence-corrected chi connectivity index (χ1v) is 6.56. The number of halogens is 1. The third-order valence-electron chi connectivity index (χ3n) is 2.72. The SMILES string of the molecule is COc1ccc(NC(C)c2ccc(C)o2)cc1Br. The lowest BCUT2D eigenvalue weighted by Gasteiger charge is -2.14. The van der Waals surface area contributed by atoms with Crippen molar-refractivity contribution in [2.45, 2.75) is 19.9 Å². The lowest BCUT2D eigenvalue weighted by molar-refractivity contribution is 0.412. The van der Waals surface area contributed by atoms with Crippen molar-refractivity contribution in [3.8, 4) is 5.75 Å². The summed E-state index contributed by atoms with van der Waals surface area (Å²) in [6.45, 7) is 4.01. The number of anilines is 1. The van der Waals surface area contributed by atoms with Crippen LogP contribution in [0.15, 0.2) is 39.2 Å². The summed E-state index contributed by atoms with van der Waals surface area (Å²) in [4.78, 5) is 0. The molecule has 0 saturated carbocycles. The van der Waals surface area contributed by atoms with Gasteiger partial charge in [-0.25, -0.2) is 0 Å². The fourth-order valence-corrected chi connectivity index (χ4v) is 2.30. The molecule has 1 aromatic carbocycles. The minimum atomic E-state index is 0.124. The molecule has 0 aliphatic carbocycles. The lowest BCUT2D eigenvalue weighted by Crippen LogP contribution is -2.05. The zero-order valence-electron chi connectivity index (χ0n) is 10.7. The Balaban J connectivity index is 2.12. The van der Waals surface area contributed by atoms with Gasteiger partial charge in [0.2, 0.25) is 0 Å². The van der Waals surface area contributed by atoms with Gasteiger partial charge in [0.15, 0.2) is 0 Å². The molecule has 4 heteroatoms. The number of hydrogen-bond donors (Lipinski definition) is 1. The van der Waals surface area contributed by atoms with Crippen molar-refractivity contribution < 1.29 is 9.15 Å². The number of hydrogen-bond acceptors (Lipinski definition) is 3. The number of aryl methyl sites for hydroxylation is 1. The molecule has 0 spiro atoms. The minimum absolute atomic E-state index is 0.124. The molecule has 0 radical (unpaired) electrons. The standard InChI is InChI=1S/C14H16BrNO2/c1-9-4-6-13(18-9)10(2)16-11-5-7-14(17-3)12(15)8-11/h4-8,10,16H,1-3H3. The number of rotatable bonds is 4. The summed E-state index contributed by atoms with van der Waals surface area (Å²) in [6.07, 6.45) is 0. The van der Waals surface area contributed by atoms with Crippen LogP contribution in [0.4, 0.5) is 5.69 Å². The molecule has 18 heavy (non-hydrogen) atoms. The zero-order valence-corrected chi connectivity index (χ0v) is 12.2. The molecule has 0 saturated heterocycles. The first-order valence-electron chi connectivity index (χ1n) is 5.76. The molecular formula is C14H16BrNO2. The Hall–Kier alpha value is -1.42. The van der Waals surface area contributed by atoms with Crippen LogP contribution in [0, 0.1) is 6.92 Å². The lowest BCUT2D eigenvalue weighted by atomic mass is 10.2. The molecule has 0 aliphatic heterocycles. The Kier molecular flexibility index (Phi) is 3.97. The monoisotopic (exact) mass is 309 g/mol. The van der Waals surface area contributed by atoms with E-state index in [0.717, 1.165) is 27.4 Å². The first kappa shape index (κ1) is 13.0. The molecule has 0 amide bonds. The van der Waals surface area contributed by atoms with Gasteiger partial charge in [0.05, 0.1) is 17.6 Å². The maximum Gasteiger partial charge on any atom is 0.133 e. The van der Waals surface area contributed by atoms with Crippen LogP contribution in [-0.4, -0.2) is 7.11 Å². The van der Waals surface area contributed by atoms with E-state index < -0.39 is 0 Å². The molecule has 3 nitrogen and oxygen atoms in total. The van der Waals surface area contributed by atoms with Crippen LogP contribution in [0.5, 0.6) is 5.75 Å². The smallest absolute Gasteiger partial charge is 0.133 e. The molecule has 0 fully saturated rings. The average Bonchev–Trinajstić information content (AvgIpc) is 2.76. The second-order valence-electron chi connectivity index (χ2n) is 4.16. The van der Waals surface area contributed by atoms with Crippen molar-refractivity contribution in [3.63, 3.8) is 0 Å². The van der Waals surface area contributed by atoms with Crippen LogP contribution in [0.1, 0.15) is 24.5 Å². The Labute approximate surface area is 115 Å². The van der Waals surface area contributed by atoms with Gasteiger partial charge >= 0.3 is 0 Å². The van der Waals surface area contributed by atoms with E-state index in [-0.39, 0.29) is 6.04 Å². The third kappa shape index (κ3) is 2.88. The number of ether oxygens (including phenoxy) is 1. The molecule has 1 N–H and O–H groups in total. The minimum Gasteiger partial charge on any atom is -0.496 e. The van der Waals surface area contributed by atoms with E-state index in [1.807, 2.05) is 37.3 Å². The molecule has 1 atom stereocenters. The van der Waals surface area contributed by atoms with E-state index in [1.165, 1.54) is 0 Å². The number of benzene rings is 1. The quantitative estimate of drug-likeness (QED) is 0.901. The van der Waals surface area contributed by atoms with Gasteiger partial charge in [0.25, 0.3) is 0 Å². The van der Waals surface area contributed by atoms with E-state index >= 15 is 0 Å². The van der Waals surface area contributed by atoms with Crippen molar-refractivity contribution in [1.82, 2.24) is 0 Å². The molecule has 0 aliphatic rings. The van der Waals surface area contributed by atoms with Gasteiger partial charge in [-0.2, -0.15) is 0 Å². The summed E-state index contributed by atoms with van der Waals surface area (Å²) in [5.41, 5.74) is 1.02. The van der Waals surface area contributed by atoms with Crippen molar-refractivity contribution in [2.75, 3.05) is 12.4 Å². The molecule has 1 heterocycles. The normalized spacial score (nSPS) is 12.2. The van der Waals surface area contributed by atoms with Gasteiger partial charge in [0.1, 0.15) is 17.3 Å². The Bertz CT molecular complexity index is 536. The van der Waals surface area contributed by atoms with Crippen LogP contribution >= 0.6 is 15.9 Å². The molecule has 1 aromatic heterocycles. The predicted molar refractivity (Wildman–Crippen MR) is 76.2 cm³/mol. The highest BCUT2D eigenvalue weighted by atomic mass is 79.9. The van der Waals surface area contributed by atoms with Gasteiger partial charge in [-0.1, -0.05) is 0 Å². The molecule has 2 aromatic rings. The Morgan fingerprint density at radius 3 is 2.61 bits per heavy atom. The number of nitrogens with one attached hydrogen (secondary N) is 1. The van der Waals surface area contributed by atoms with E-state index in [9.17, 15) is 0 Å². The third-order valence-corrected chi connectivity index (χ3v) is 3.34. The fraction of sp³-hybridized carbons (Fsp3) is 0.286. The van der Waals surface area contributed by atoms with E-state index in [4.69, 9.17) is 9.15 Å². The zero-order chi connectivity index (χ0) is 13.1. The molecule has 1 unspecified atom stereocenters. The Morgan fingerprint density at radius 2 is 2.06 bits per heavy atom.